The minimum absolute atomic E-state index is 0.0684. The van der Waals surface area contributed by atoms with Crippen LogP contribution in [0.4, 0.5) is 0 Å². The molecule has 0 spiro atoms. The number of carbonyl (C=O) groups is 6. The molecule has 0 bridgehead atoms. The molecule has 0 fully saturated rings. The summed E-state index contributed by atoms with van der Waals surface area (Å²) < 4.78 is 0. The van der Waals surface area contributed by atoms with Crippen molar-refractivity contribution in [2.75, 3.05) is 32.7 Å². The van der Waals surface area contributed by atoms with Gasteiger partial charge in [-0.1, -0.05) is 30.3 Å². The molecule has 0 radical (unpaired) electrons. The van der Waals surface area contributed by atoms with Gasteiger partial charge in [0, 0.05) is 13.0 Å². The molecular weight excluding hydrogens is 514 g/mol. The lowest BCUT2D eigenvalue weighted by molar-refractivity contribution is -0.138. The third-order valence-electron chi connectivity index (χ3n) is 4.97. The van der Waals surface area contributed by atoms with Crippen LogP contribution in [0.5, 0.6) is 0 Å². The number of hydrogen-bond donors (Lipinski definition) is 9. The number of amides is 5. The minimum Gasteiger partial charge on any atom is -0.480 e. The molecule has 0 saturated carbocycles. The minimum atomic E-state index is -1.24. The Balaban J connectivity index is 2.54. The molecule has 1 aromatic carbocycles. The molecule has 12 N–H and O–H groups in total. The summed E-state index contributed by atoms with van der Waals surface area (Å²) >= 11 is 0. The van der Waals surface area contributed by atoms with Gasteiger partial charge in [-0.15, -0.1) is 0 Å². The zero-order valence-corrected chi connectivity index (χ0v) is 21.3. The number of carboxylic acid groups (broad SMARTS) is 1. The molecule has 0 unspecified atom stereocenters. The Hall–Kier alpha value is -4.73. The van der Waals surface area contributed by atoms with Crippen molar-refractivity contribution in [3.05, 3.63) is 35.9 Å². The molecule has 0 heterocycles. The maximum Gasteiger partial charge on any atom is 0.322 e. The van der Waals surface area contributed by atoms with Crippen LogP contribution in [0.1, 0.15) is 18.4 Å². The topological polar surface area (TPSA) is 273 Å². The Bertz CT molecular complexity index is 1030. The van der Waals surface area contributed by atoms with Gasteiger partial charge in [0.05, 0.1) is 25.7 Å². The molecule has 2 atom stereocenters. The molecule has 214 valence electrons. The highest BCUT2D eigenvalue weighted by molar-refractivity contribution is 5.93. The highest BCUT2D eigenvalue weighted by Gasteiger charge is 2.22. The van der Waals surface area contributed by atoms with Gasteiger partial charge in [0.2, 0.25) is 29.5 Å². The third-order valence-corrected chi connectivity index (χ3v) is 4.97. The van der Waals surface area contributed by atoms with Crippen molar-refractivity contribution in [1.29, 1.82) is 0 Å². The van der Waals surface area contributed by atoms with Crippen molar-refractivity contribution >= 4 is 41.5 Å². The second kappa shape index (κ2) is 17.7. The van der Waals surface area contributed by atoms with E-state index in [2.05, 4.69) is 31.6 Å². The maximum absolute atomic E-state index is 12.6. The van der Waals surface area contributed by atoms with E-state index < -0.39 is 73.8 Å². The zero-order valence-electron chi connectivity index (χ0n) is 21.3. The van der Waals surface area contributed by atoms with Crippen LogP contribution in [-0.4, -0.2) is 91.4 Å². The van der Waals surface area contributed by atoms with E-state index in [1.54, 1.807) is 30.3 Å². The van der Waals surface area contributed by atoms with Crippen LogP contribution in [0.15, 0.2) is 35.3 Å². The van der Waals surface area contributed by atoms with Gasteiger partial charge in [0.25, 0.3) is 0 Å². The van der Waals surface area contributed by atoms with Crippen molar-refractivity contribution in [2.24, 2.45) is 22.2 Å². The standard InChI is InChI=1S/C23H35N9O7/c24-15(7-4-8-27-23(25)26)21(38)30-10-17(33)28-12-19(35)32-16(9-14-5-2-1-3-6-14)22(39)31-11-18(34)29-13-20(36)37/h1-3,5-6,15-16H,4,7-13,24H2,(H,28,33)(H,29,34)(H,30,38)(H,31,39)(H,32,35)(H,36,37)(H4,25,26,27)/t15-,16-/m0/s1. The van der Waals surface area contributed by atoms with Gasteiger partial charge in [-0.2, -0.15) is 0 Å². The summed E-state index contributed by atoms with van der Waals surface area (Å²) in [6.45, 7) is -1.71. The van der Waals surface area contributed by atoms with Crippen molar-refractivity contribution in [3.63, 3.8) is 0 Å². The molecular formula is C23H35N9O7. The first kappa shape index (κ1) is 32.3. The zero-order chi connectivity index (χ0) is 29.2. The molecule has 0 aromatic heterocycles. The Morgan fingerprint density at radius 2 is 1.36 bits per heavy atom. The molecule has 1 aromatic rings. The Kier molecular flexibility index (Phi) is 14.6. The summed E-state index contributed by atoms with van der Waals surface area (Å²) in [5.41, 5.74) is 16.9. The van der Waals surface area contributed by atoms with Crippen LogP contribution >= 0.6 is 0 Å². The number of rotatable bonds is 17. The van der Waals surface area contributed by atoms with Crippen LogP contribution in [0.2, 0.25) is 0 Å². The number of benzene rings is 1. The number of guanidine groups is 1. The van der Waals surface area contributed by atoms with Crippen LogP contribution in [0.25, 0.3) is 0 Å². The number of aliphatic imine (C=N–C) groups is 1. The quantitative estimate of drug-likeness (QED) is 0.0511. The van der Waals surface area contributed by atoms with E-state index in [9.17, 15) is 28.8 Å². The fraction of sp³-hybridized carbons (Fsp3) is 0.435. The van der Waals surface area contributed by atoms with Gasteiger partial charge >= 0.3 is 5.97 Å². The Labute approximate surface area is 224 Å². The lowest BCUT2D eigenvalue weighted by Crippen LogP contribution is -2.52. The van der Waals surface area contributed by atoms with Crippen LogP contribution in [-0.2, 0) is 35.2 Å². The van der Waals surface area contributed by atoms with Gasteiger partial charge in [-0.05, 0) is 18.4 Å². The van der Waals surface area contributed by atoms with E-state index in [0.29, 0.717) is 19.4 Å². The maximum atomic E-state index is 12.6. The lowest BCUT2D eigenvalue weighted by atomic mass is 10.1. The molecule has 0 aliphatic heterocycles. The molecule has 39 heavy (non-hydrogen) atoms. The molecule has 0 saturated heterocycles. The van der Waals surface area contributed by atoms with Gasteiger partial charge < -0.3 is 48.9 Å². The summed E-state index contributed by atoms with van der Waals surface area (Å²) in [4.78, 5) is 75.1. The number of hydrogen-bond acceptors (Lipinski definition) is 8. The highest BCUT2D eigenvalue weighted by atomic mass is 16.4. The molecule has 1 rings (SSSR count). The van der Waals surface area contributed by atoms with Crippen molar-refractivity contribution in [3.8, 4) is 0 Å². The van der Waals surface area contributed by atoms with Crippen molar-refractivity contribution in [2.45, 2.75) is 31.3 Å². The molecule has 0 aliphatic rings. The fourth-order valence-corrected chi connectivity index (χ4v) is 3.02. The van der Waals surface area contributed by atoms with Gasteiger partial charge in [-0.3, -0.25) is 33.8 Å². The molecule has 16 heteroatoms. The summed E-state index contributed by atoms with van der Waals surface area (Å²) in [7, 11) is 0. The first-order valence-electron chi connectivity index (χ1n) is 11.9. The fourth-order valence-electron chi connectivity index (χ4n) is 3.02. The number of aliphatic carboxylic acids is 1. The number of nitrogens with two attached hydrogens (primary N) is 3. The van der Waals surface area contributed by atoms with Crippen molar-refractivity contribution < 1.29 is 33.9 Å². The highest BCUT2D eigenvalue weighted by Crippen LogP contribution is 2.03. The summed E-state index contributed by atoms with van der Waals surface area (Å²) in [5.74, 6) is -4.65. The van der Waals surface area contributed by atoms with E-state index in [-0.39, 0.29) is 12.4 Å². The predicted molar refractivity (Wildman–Crippen MR) is 140 cm³/mol. The second-order valence-electron chi connectivity index (χ2n) is 8.25. The van der Waals surface area contributed by atoms with E-state index >= 15 is 0 Å². The van der Waals surface area contributed by atoms with Gasteiger partial charge in [0.1, 0.15) is 12.6 Å². The van der Waals surface area contributed by atoms with Crippen LogP contribution < -0.4 is 43.8 Å². The van der Waals surface area contributed by atoms with Crippen LogP contribution in [0.3, 0.4) is 0 Å². The van der Waals surface area contributed by atoms with Gasteiger partial charge in [0.15, 0.2) is 5.96 Å². The van der Waals surface area contributed by atoms with E-state index in [1.807, 2.05) is 0 Å². The Morgan fingerprint density at radius 3 is 1.95 bits per heavy atom. The summed E-state index contributed by atoms with van der Waals surface area (Å²) in [6.07, 6.45) is 0.836. The largest absolute Gasteiger partial charge is 0.480 e. The van der Waals surface area contributed by atoms with E-state index in [0.717, 1.165) is 5.56 Å². The summed E-state index contributed by atoms with van der Waals surface area (Å²) in [6, 6.07) is 6.77. The normalized spacial score (nSPS) is 11.7. The van der Waals surface area contributed by atoms with Crippen molar-refractivity contribution in [1.82, 2.24) is 26.6 Å². The third kappa shape index (κ3) is 15.2. The molecule has 16 nitrogen and oxygen atoms in total. The SMILES string of the molecule is NC(N)=NCCC[C@H](N)C(=O)NCC(=O)NCC(=O)N[C@@H](Cc1ccccc1)C(=O)NCC(=O)NCC(=O)O. The monoisotopic (exact) mass is 549 g/mol. The average Bonchev–Trinajstić information content (AvgIpc) is 2.90. The average molecular weight is 550 g/mol. The lowest BCUT2D eigenvalue weighted by Gasteiger charge is -2.19. The number of carbonyl (C=O) groups excluding carboxylic acids is 5. The second-order valence-corrected chi connectivity index (χ2v) is 8.25. The van der Waals surface area contributed by atoms with Gasteiger partial charge in [-0.25, -0.2) is 0 Å². The number of nitrogens with one attached hydrogen (secondary N) is 5. The number of nitrogens with zero attached hydrogens (tertiary/aromatic N) is 1. The Morgan fingerprint density at radius 1 is 0.795 bits per heavy atom. The first-order chi connectivity index (χ1) is 18.5. The predicted octanol–water partition coefficient (Wildman–Crippen LogP) is -4.36. The molecule has 5 amide bonds. The molecule has 0 aliphatic carbocycles. The van der Waals surface area contributed by atoms with E-state index in [4.69, 9.17) is 22.3 Å². The summed E-state index contributed by atoms with van der Waals surface area (Å²) in [5, 5.41) is 20.2. The number of carboxylic acids is 1. The van der Waals surface area contributed by atoms with Crippen LogP contribution in [0, 0.1) is 0 Å². The smallest absolute Gasteiger partial charge is 0.322 e. The first-order valence-corrected chi connectivity index (χ1v) is 11.9. The van der Waals surface area contributed by atoms with E-state index in [1.165, 1.54) is 0 Å².